The molecule has 0 spiro atoms. The second-order valence-corrected chi connectivity index (χ2v) is 6.37. The molecule has 2 aromatic carbocycles. The minimum atomic E-state index is -0.839. The molecule has 0 aliphatic heterocycles. The van der Waals surface area contributed by atoms with Crippen molar-refractivity contribution in [2.75, 3.05) is 30.9 Å². The van der Waals surface area contributed by atoms with Crippen molar-refractivity contribution in [1.82, 2.24) is 0 Å². The SMILES string of the molecule is Cc1ccc(NC(=O)COC(=O)c2ccc(N(C)C)c([N+](=O)[O-])c2)c(Cl)c1. The third-order valence-corrected chi connectivity index (χ3v) is 3.94. The van der Waals surface area contributed by atoms with Gasteiger partial charge in [-0.3, -0.25) is 14.9 Å². The molecule has 0 heterocycles. The topological polar surface area (TPSA) is 102 Å². The average molecular weight is 392 g/mol. The van der Waals surface area contributed by atoms with Gasteiger partial charge in [-0.1, -0.05) is 17.7 Å². The predicted molar refractivity (Wildman–Crippen MR) is 103 cm³/mol. The van der Waals surface area contributed by atoms with Gasteiger partial charge in [-0.2, -0.15) is 0 Å². The number of halogens is 1. The Kier molecular flexibility index (Phi) is 6.36. The van der Waals surface area contributed by atoms with Crippen LogP contribution >= 0.6 is 11.6 Å². The van der Waals surface area contributed by atoms with Gasteiger partial charge in [-0.15, -0.1) is 0 Å². The number of nitro benzene ring substituents is 1. The lowest BCUT2D eigenvalue weighted by Gasteiger charge is -2.13. The summed E-state index contributed by atoms with van der Waals surface area (Å²) < 4.78 is 4.93. The van der Waals surface area contributed by atoms with Crippen LogP contribution in [0.4, 0.5) is 17.1 Å². The van der Waals surface area contributed by atoms with Crippen LogP contribution < -0.4 is 10.2 Å². The van der Waals surface area contributed by atoms with E-state index in [2.05, 4.69) is 5.32 Å². The average Bonchev–Trinajstić information content (AvgIpc) is 2.61. The van der Waals surface area contributed by atoms with Crippen LogP contribution in [-0.2, 0) is 9.53 Å². The Hall–Kier alpha value is -3.13. The summed E-state index contributed by atoms with van der Waals surface area (Å²) >= 11 is 6.03. The standard InChI is InChI=1S/C18H18ClN3O5/c1-11-4-6-14(13(19)8-11)20-17(23)10-27-18(24)12-5-7-15(21(2)3)16(9-12)22(25)26/h4-9H,10H2,1-3H3,(H,20,23). The van der Waals surface area contributed by atoms with Crippen molar-refractivity contribution in [2.45, 2.75) is 6.92 Å². The number of esters is 1. The smallest absolute Gasteiger partial charge is 0.338 e. The van der Waals surface area contributed by atoms with E-state index in [0.29, 0.717) is 16.4 Å². The lowest BCUT2D eigenvalue weighted by atomic mass is 10.1. The number of ether oxygens (including phenoxy) is 1. The van der Waals surface area contributed by atoms with Crippen LogP contribution in [0.1, 0.15) is 15.9 Å². The van der Waals surface area contributed by atoms with Crippen molar-refractivity contribution in [3.05, 3.63) is 62.7 Å². The van der Waals surface area contributed by atoms with E-state index in [9.17, 15) is 19.7 Å². The Morgan fingerprint density at radius 3 is 2.52 bits per heavy atom. The fourth-order valence-electron chi connectivity index (χ4n) is 2.30. The molecule has 0 bridgehead atoms. The van der Waals surface area contributed by atoms with Crippen LogP contribution in [0.5, 0.6) is 0 Å². The minimum Gasteiger partial charge on any atom is -0.452 e. The zero-order chi connectivity index (χ0) is 20.1. The molecule has 0 unspecified atom stereocenters. The van der Waals surface area contributed by atoms with Crippen LogP contribution in [-0.4, -0.2) is 37.5 Å². The van der Waals surface area contributed by atoms with Gasteiger partial charge in [0.1, 0.15) is 5.69 Å². The summed E-state index contributed by atoms with van der Waals surface area (Å²) in [5.41, 5.74) is 1.43. The fraction of sp³-hybridized carbons (Fsp3) is 0.222. The van der Waals surface area contributed by atoms with Gasteiger partial charge >= 0.3 is 5.97 Å². The highest BCUT2D eigenvalue weighted by atomic mass is 35.5. The molecule has 142 valence electrons. The highest BCUT2D eigenvalue weighted by Gasteiger charge is 2.20. The number of nitrogens with zero attached hydrogens (tertiary/aromatic N) is 2. The van der Waals surface area contributed by atoms with Crippen LogP contribution in [0.3, 0.4) is 0 Å². The number of nitro groups is 1. The molecule has 1 N–H and O–H groups in total. The summed E-state index contributed by atoms with van der Waals surface area (Å²) in [7, 11) is 3.31. The largest absolute Gasteiger partial charge is 0.452 e. The number of hydrogen-bond donors (Lipinski definition) is 1. The fourth-order valence-corrected chi connectivity index (χ4v) is 2.58. The molecule has 0 saturated carbocycles. The molecular formula is C18H18ClN3O5. The molecule has 1 amide bonds. The first-order chi connectivity index (χ1) is 12.7. The summed E-state index contributed by atoms with van der Waals surface area (Å²) in [6.45, 7) is 1.31. The quantitative estimate of drug-likeness (QED) is 0.460. The highest BCUT2D eigenvalue weighted by molar-refractivity contribution is 6.33. The maximum Gasteiger partial charge on any atom is 0.338 e. The Bertz CT molecular complexity index is 899. The van der Waals surface area contributed by atoms with Crippen molar-refractivity contribution in [3.8, 4) is 0 Å². The molecule has 2 aromatic rings. The van der Waals surface area contributed by atoms with Crippen LogP contribution in [0.2, 0.25) is 5.02 Å². The molecule has 9 heteroatoms. The van der Waals surface area contributed by atoms with Gasteiger partial charge in [-0.25, -0.2) is 4.79 Å². The molecular weight excluding hydrogens is 374 g/mol. The lowest BCUT2D eigenvalue weighted by Crippen LogP contribution is -2.21. The summed E-state index contributed by atoms with van der Waals surface area (Å²) in [5.74, 6) is -1.41. The first-order valence-corrected chi connectivity index (χ1v) is 8.25. The number of anilines is 2. The second kappa shape index (κ2) is 8.50. The zero-order valence-electron chi connectivity index (χ0n) is 15.0. The molecule has 0 aliphatic carbocycles. The molecule has 8 nitrogen and oxygen atoms in total. The Morgan fingerprint density at radius 2 is 1.93 bits per heavy atom. The number of carbonyl (C=O) groups is 2. The number of benzene rings is 2. The van der Waals surface area contributed by atoms with Crippen LogP contribution in [0.25, 0.3) is 0 Å². The summed E-state index contributed by atoms with van der Waals surface area (Å²) in [4.78, 5) is 36.2. The molecule has 27 heavy (non-hydrogen) atoms. The van der Waals surface area contributed by atoms with E-state index >= 15 is 0 Å². The Labute approximate surface area is 160 Å². The highest BCUT2D eigenvalue weighted by Crippen LogP contribution is 2.28. The maximum absolute atomic E-state index is 12.1. The van der Waals surface area contributed by atoms with E-state index in [-0.39, 0.29) is 11.3 Å². The van der Waals surface area contributed by atoms with Crippen molar-refractivity contribution in [3.63, 3.8) is 0 Å². The van der Waals surface area contributed by atoms with Crippen LogP contribution in [0.15, 0.2) is 36.4 Å². The molecule has 0 atom stereocenters. The third-order valence-electron chi connectivity index (χ3n) is 3.62. The van der Waals surface area contributed by atoms with E-state index in [1.165, 1.54) is 12.1 Å². The second-order valence-electron chi connectivity index (χ2n) is 5.96. The molecule has 2 rings (SSSR count). The maximum atomic E-state index is 12.1. The summed E-state index contributed by atoms with van der Waals surface area (Å²) in [6, 6.07) is 9.07. The molecule has 0 saturated heterocycles. The number of hydrogen-bond acceptors (Lipinski definition) is 6. The summed E-state index contributed by atoms with van der Waals surface area (Å²) in [5, 5.41) is 14.1. The van der Waals surface area contributed by atoms with Gasteiger partial charge in [0.05, 0.1) is 21.2 Å². The van der Waals surface area contributed by atoms with Crippen molar-refractivity contribution in [1.29, 1.82) is 0 Å². The molecule has 0 aliphatic rings. The van der Waals surface area contributed by atoms with Crippen molar-refractivity contribution >= 4 is 40.5 Å². The van der Waals surface area contributed by atoms with Gasteiger partial charge in [0.25, 0.3) is 11.6 Å². The Morgan fingerprint density at radius 1 is 1.22 bits per heavy atom. The van der Waals surface area contributed by atoms with Gasteiger partial charge in [-0.05, 0) is 36.8 Å². The summed E-state index contributed by atoms with van der Waals surface area (Å²) in [6.07, 6.45) is 0. The van der Waals surface area contributed by atoms with Gasteiger partial charge in [0.15, 0.2) is 6.61 Å². The molecule has 0 radical (unpaired) electrons. The van der Waals surface area contributed by atoms with Gasteiger partial charge in [0.2, 0.25) is 0 Å². The zero-order valence-corrected chi connectivity index (χ0v) is 15.7. The van der Waals surface area contributed by atoms with E-state index < -0.39 is 23.4 Å². The van der Waals surface area contributed by atoms with Crippen molar-refractivity contribution in [2.24, 2.45) is 0 Å². The van der Waals surface area contributed by atoms with E-state index in [1.54, 1.807) is 37.2 Å². The predicted octanol–water partition coefficient (Wildman–Crippen LogP) is 3.42. The minimum absolute atomic E-state index is 0.0199. The number of rotatable bonds is 6. The first kappa shape index (κ1) is 20.2. The number of aryl methyl sites for hydroxylation is 1. The Balaban J connectivity index is 2.03. The van der Waals surface area contributed by atoms with E-state index in [1.807, 2.05) is 6.92 Å². The van der Waals surface area contributed by atoms with Crippen LogP contribution in [0, 0.1) is 17.0 Å². The molecule has 0 fully saturated rings. The van der Waals surface area contributed by atoms with E-state index in [4.69, 9.17) is 16.3 Å². The number of nitrogens with one attached hydrogen (secondary N) is 1. The van der Waals surface area contributed by atoms with Gasteiger partial charge in [0, 0.05) is 20.2 Å². The molecule has 0 aromatic heterocycles. The normalized spacial score (nSPS) is 10.2. The number of amides is 1. The van der Waals surface area contributed by atoms with Gasteiger partial charge < -0.3 is 15.0 Å². The third kappa shape index (κ3) is 5.18. The lowest BCUT2D eigenvalue weighted by molar-refractivity contribution is -0.384. The van der Waals surface area contributed by atoms with E-state index in [0.717, 1.165) is 11.6 Å². The number of carbonyl (C=O) groups excluding carboxylic acids is 2. The first-order valence-electron chi connectivity index (χ1n) is 7.88. The van der Waals surface area contributed by atoms with Crippen molar-refractivity contribution < 1.29 is 19.2 Å². The monoisotopic (exact) mass is 391 g/mol.